The highest BCUT2D eigenvalue weighted by Gasteiger charge is 2.35. The van der Waals surface area contributed by atoms with Crippen molar-refractivity contribution in [2.45, 2.75) is 19.9 Å². The third-order valence-electron chi connectivity index (χ3n) is 3.29. The van der Waals surface area contributed by atoms with Crippen LogP contribution in [-0.2, 0) is 11.2 Å². The fraction of sp³-hybridized carbons (Fsp3) is 0.176. The zero-order chi connectivity index (χ0) is 17.9. The minimum atomic E-state index is -1.66. The molecule has 2 aromatic carbocycles. The monoisotopic (exact) mass is 430 g/mol. The SMILES string of the molecule is O=C(Cc1ccccc1)N[C@@H](Sc1nc2ccccc2s1)C(Cl)(Cl)Cl. The summed E-state index contributed by atoms with van der Waals surface area (Å²) in [6.07, 6.45) is 0.221. The van der Waals surface area contributed by atoms with E-state index in [0.29, 0.717) is 0 Å². The number of nitrogens with zero attached hydrogens (tertiary/aromatic N) is 1. The topological polar surface area (TPSA) is 42.0 Å². The second kappa shape index (κ2) is 8.14. The molecule has 0 aliphatic carbocycles. The lowest BCUT2D eigenvalue weighted by Crippen LogP contribution is -2.42. The van der Waals surface area contributed by atoms with Crippen molar-refractivity contribution in [1.29, 1.82) is 0 Å². The maximum Gasteiger partial charge on any atom is 0.225 e. The third kappa shape index (κ3) is 5.25. The number of hydrogen-bond acceptors (Lipinski definition) is 4. The van der Waals surface area contributed by atoms with Crippen LogP contribution < -0.4 is 5.32 Å². The van der Waals surface area contributed by atoms with Gasteiger partial charge in [-0.2, -0.15) is 0 Å². The van der Waals surface area contributed by atoms with Crippen molar-refractivity contribution < 1.29 is 4.79 Å². The van der Waals surface area contributed by atoms with E-state index >= 15 is 0 Å². The summed E-state index contributed by atoms with van der Waals surface area (Å²) in [5, 5.41) is 2.05. The molecular formula is C17H13Cl3N2OS2. The molecule has 1 atom stereocenters. The number of fused-ring (bicyclic) bond motifs is 1. The van der Waals surface area contributed by atoms with Crippen LogP contribution in [-0.4, -0.2) is 20.1 Å². The van der Waals surface area contributed by atoms with E-state index in [0.717, 1.165) is 20.1 Å². The van der Waals surface area contributed by atoms with Crippen molar-refractivity contribution in [3.63, 3.8) is 0 Å². The number of thiazole rings is 1. The number of aromatic nitrogens is 1. The standard InChI is InChI=1S/C17H13Cl3N2OS2/c18-17(19,20)15(22-14(23)10-11-6-2-1-3-7-11)25-16-21-12-8-4-5-9-13(12)24-16/h1-9,15H,10H2,(H,22,23)/t15-/m0/s1. The number of nitrogens with one attached hydrogen (secondary N) is 1. The molecule has 3 rings (SSSR count). The van der Waals surface area contributed by atoms with Crippen LogP contribution in [0.15, 0.2) is 58.9 Å². The van der Waals surface area contributed by atoms with Crippen LogP contribution >= 0.6 is 57.9 Å². The number of carbonyl (C=O) groups is 1. The summed E-state index contributed by atoms with van der Waals surface area (Å²) < 4.78 is 0.121. The van der Waals surface area contributed by atoms with Gasteiger partial charge in [-0.1, -0.05) is 89.0 Å². The molecule has 1 heterocycles. The number of halogens is 3. The predicted octanol–water partition coefficient (Wildman–Crippen LogP) is 5.44. The Kier molecular flexibility index (Phi) is 6.12. The third-order valence-corrected chi connectivity index (χ3v) is 6.70. The largest absolute Gasteiger partial charge is 0.340 e. The molecule has 0 unspecified atom stereocenters. The Morgan fingerprint density at radius 1 is 1.12 bits per heavy atom. The zero-order valence-corrected chi connectivity index (χ0v) is 16.7. The van der Waals surface area contributed by atoms with Crippen LogP contribution in [0.4, 0.5) is 0 Å². The summed E-state index contributed by atoms with van der Waals surface area (Å²) in [6, 6.07) is 17.2. The molecule has 0 saturated carbocycles. The molecule has 3 nitrogen and oxygen atoms in total. The molecule has 1 aromatic heterocycles. The maximum atomic E-state index is 12.3. The van der Waals surface area contributed by atoms with Crippen molar-refractivity contribution in [3.05, 3.63) is 60.2 Å². The van der Waals surface area contributed by atoms with Gasteiger partial charge in [0.05, 0.1) is 16.6 Å². The van der Waals surface area contributed by atoms with Crippen LogP contribution in [0.5, 0.6) is 0 Å². The van der Waals surface area contributed by atoms with E-state index in [1.807, 2.05) is 54.6 Å². The van der Waals surface area contributed by atoms with Gasteiger partial charge in [0.15, 0.2) is 4.34 Å². The number of para-hydroxylation sites is 1. The first-order valence-electron chi connectivity index (χ1n) is 7.34. The molecule has 130 valence electrons. The molecule has 0 aliphatic heterocycles. The Balaban J connectivity index is 1.72. The van der Waals surface area contributed by atoms with Gasteiger partial charge in [0, 0.05) is 0 Å². The smallest absolute Gasteiger partial charge is 0.225 e. The van der Waals surface area contributed by atoms with E-state index in [1.165, 1.54) is 23.1 Å². The quantitative estimate of drug-likeness (QED) is 0.332. The normalized spacial score (nSPS) is 12.9. The Morgan fingerprint density at radius 2 is 1.80 bits per heavy atom. The van der Waals surface area contributed by atoms with Crippen molar-refractivity contribution in [3.8, 4) is 0 Å². The van der Waals surface area contributed by atoms with Crippen LogP contribution in [0.25, 0.3) is 10.2 Å². The summed E-state index contributed by atoms with van der Waals surface area (Å²) in [5.74, 6) is -0.212. The van der Waals surface area contributed by atoms with Gasteiger partial charge >= 0.3 is 0 Å². The summed E-state index contributed by atoms with van der Waals surface area (Å²) in [7, 11) is 0. The predicted molar refractivity (Wildman–Crippen MR) is 108 cm³/mol. The average molecular weight is 432 g/mol. The Morgan fingerprint density at radius 3 is 2.48 bits per heavy atom. The van der Waals surface area contributed by atoms with Gasteiger partial charge in [0.1, 0.15) is 5.37 Å². The van der Waals surface area contributed by atoms with Gasteiger partial charge in [-0.05, 0) is 17.7 Å². The summed E-state index contributed by atoms with van der Waals surface area (Å²) in [4.78, 5) is 16.8. The lowest BCUT2D eigenvalue weighted by molar-refractivity contribution is -0.120. The Labute approximate surface area is 168 Å². The van der Waals surface area contributed by atoms with Crippen molar-refractivity contribution in [2.24, 2.45) is 0 Å². The number of hydrogen-bond donors (Lipinski definition) is 1. The molecule has 0 fully saturated rings. The summed E-state index contributed by atoms with van der Waals surface area (Å²) >= 11 is 20.9. The number of benzene rings is 2. The van der Waals surface area contributed by atoms with Gasteiger partial charge in [0.2, 0.25) is 9.70 Å². The van der Waals surface area contributed by atoms with Gasteiger partial charge in [-0.3, -0.25) is 4.79 Å². The summed E-state index contributed by atoms with van der Waals surface area (Å²) in [6.45, 7) is 0. The van der Waals surface area contributed by atoms with Gasteiger partial charge in [-0.15, -0.1) is 11.3 Å². The van der Waals surface area contributed by atoms with Gasteiger partial charge in [0.25, 0.3) is 0 Å². The van der Waals surface area contributed by atoms with Crippen molar-refractivity contribution in [1.82, 2.24) is 10.3 Å². The molecule has 25 heavy (non-hydrogen) atoms. The minimum absolute atomic E-state index is 0.212. The minimum Gasteiger partial charge on any atom is -0.340 e. The molecule has 1 amide bonds. The Hall–Kier alpha value is -0.980. The second-order valence-corrected chi connectivity index (χ2v) is 9.97. The molecule has 0 saturated heterocycles. The molecule has 8 heteroatoms. The molecule has 3 aromatic rings. The van der Waals surface area contributed by atoms with Crippen LogP contribution in [0, 0.1) is 0 Å². The van der Waals surface area contributed by atoms with E-state index < -0.39 is 9.17 Å². The van der Waals surface area contributed by atoms with E-state index in [2.05, 4.69) is 10.3 Å². The Bertz CT molecular complexity index is 832. The fourth-order valence-electron chi connectivity index (χ4n) is 2.16. The van der Waals surface area contributed by atoms with E-state index in [-0.39, 0.29) is 12.3 Å². The number of thioether (sulfide) groups is 1. The molecular weight excluding hydrogens is 419 g/mol. The van der Waals surface area contributed by atoms with Crippen molar-refractivity contribution >= 4 is 74.0 Å². The van der Waals surface area contributed by atoms with Crippen LogP contribution in [0.2, 0.25) is 0 Å². The lowest BCUT2D eigenvalue weighted by atomic mass is 10.1. The number of amides is 1. The maximum absolute atomic E-state index is 12.3. The molecule has 0 aliphatic rings. The molecule has 0 spiro atoms. The second-order valence-electron chi connectivity index (χ2n) is 5.22. The van der Waals surface area contributed by atoms with Gasteiger partial charge in [-0.25, -0.2) is 4.98 Å². The van der Waals surface area contributed by atoms with E-state index in [1.54, 1.807) is 0 Å². The summed E-state index contributed by atoms with van der Waals surface area (Å²) in [5.41, 5.74) is 1.78. The fourth-order valence-corrected chi connectivity index (χ4v) is 4.85. The number of alkyl halides is 3. The highest BCUT2D eigenvalue weighted by atomic mass is 35.6. The highest BCUT2D eigenvalue weighted by Crippen LogP contribution is 2.41. The van der Waals surface area contributed by atoms with Crippen molar-refractivity contribution in [2.75, 3.05) is 0 Å². The molecule has 0 radical (unpaired) electrons. The first kappa shape index (κ1) is 18.8. The average Bonchev–Trinajstić information content (AvgIpc) is 2.96. The van der Waals surface area contributed by atoms with E-state index in [4.69, 9.17) is 34.8 Å². The van der Waals surface area contributed by atoms with E-state index in [9.17, 15) is 4.79 Å². The molecule has 1 N–H and O–H groups in total. The number of carbonyl (C=O) groups excluding carboxylic acids is 1. The lowest BCUT2D eigenvalue weighted by Gasteiger charge is -2.24. The highest BCUT2D eigenvalue weighted by molar-refractivity contribution is 8.02. The first-order chi connectivity index (χ1) is 11.9. The van der Waals surface area contributed by atoms with Gasteiger partial charge < -0.3 is 5.32 Å². The van der Waals surface area contributed by atoms with Crippen LogP contribution in [0.3, 0.4) is 0 Å². The zero-order valence-electron chi connectivity index (χ0n) is 12.8. The van der Waals surface area contributed by atoms with Crippen LogP contribution in [0.1, 0.15) is 5.56 Å². The number of rotatable bonds is 5. The first-order valence-corrected chi connectivity index (χ1v) is 10.2. The molecule has 0 bridgehead atoms.